The predicted octanol–water partition coefficient (Wildman–Crippen LogP) is 1.12. The number of hydrogen-bond acceptors (Lipinski definition) is 7. The minimum atomic E-state index is -0.757. The third kappa shape index (κ3) is 5.84. The molecule has 1 aliphatic rings. The zero-order valence-corrected chi connectivity index (χ0v) is 19.4. The number of hydrogen-bond donors (Lipinski definition) is 2. The van der Waals surface area contributed by atoms with Gasteiger partial charge in [-0.25, -0.2) is 9.67 Å². The number of likely N-dealkylation sites (tertiary alicyclic amines) is 1. The van der Waals surface area contributed by atoms with E-state index >= 15 is 0 Å². The second kappa shape index (κ2) is 10.2. The van der Waals surface area contributed by atoms with Crippen LogP contribution in [0.4, 0.5) is 4.39 Å². The van der Waals surface area contributed by atoms with Crippen LogP contribution in [0.5, 0.6) is 5.75 Å². The molecule has 33 heavy (non-hydrogen) atoms. The SMILES string of the molecule is CNC(=O)[C@H]1CC(O)CN1C(=O)C(n1cc(CCCOc2cccnc2F)nn1)C(C)(C)C. The summed E-state index contributed by atoms with van der Waals surface area (Å²) in [5.74, 6) is -1.16. The van der Waals surface area contributed by atoms with Gasteiger partial charge >= 0.3 is 0 Å². The first-order valence-corrected chi connectivity index (χ1v) is 11.0. The summed E-state index contributed by atoms with van der Waals surface area (Å²) in [6.45, 7) is 6.10. The molecule has 3 heterocycles. The highest BCUT2D eigenvalue weighted by molar-refractivity contribution is 5.90. The van der Waals surface area contributed by atoms with Crippen LogP contribution in [0, 0.1) is 11.4 Å². The van der Waals surface area contributed by atoms with Crippen LogP contribution in [0.1, 0.15) is 45.3 Å². The molecule has 3 atom stereocenters. The van der Waals surface area contributed by atoms with E-state index in [2.05, 4.69) is 20.6 Å². The van der Waals surface area contributed by atoms with Crippen molar-refractivity contribution in [3.8, 4) is 5.75 Å². The van der Waals surface area contributed by atoms with E-state index < -0.39 is 29.6 Å². The van der Waals surface area contributed by atoms with Crippen LogP contribution in [-0.4, -0.2) is 74.1 Å². The molecular formula is C22H31FN6O4. The molecule has 180 valence electrons. The Kier molecular flexibility index (Phi) is 7.62. The van der Waals surface area contributed by atoms with Crippen molar-refractivity contribution in [3.05, 3.63) is 36.2 Å². The molecule has 10 nitrogen and oxygen atoms in total. The topological polar surface area (TPSA) is 122 Å². The number of halogens is 1. The number of β-amino-alcohol motifs (C(OH)–C–C–N with tert-alkyl or cyclic N) is 1. The van der Waals surface area contributed by atoms with Gasteiger partial charge in [-0.3, -0.25) is 9.59 Å². The third-order valence-electron chi connectivity index (χ3n) is 5.55. The van der Waals surface area contributed by atoms with Gasteiger partial charge in [-0.2, -0.15) is 4.39 Å². The Morgan fingerprint density at radius 2 is 2.15 bits per heavy atom. The average Bonchev–Trinajstić information content (AvgIpc) is 3.37. The van der Waals surface area contributed by atoms with Crippen molar-refractivity contribution in [1.82, 2.24) is 30.2 Å². The zero-order chi connectivity index (χ0) is 24.2. The Bertz CT molecular complexity index is 976. The van der Waals surface area contributed by atoms with Gasteiger partial charge in [0.25, 0.3) is 5.95 Å². The van der Waals surface area contributed by atoms with Crippen molar-refractivity contribution in [3.63, 3.8) is 0 Å². The molecule has 2 amide bonds. The molecule has 0 radical (unpaired) electrons. The number of aryl methyl sites for hydroxylation is 1. The summed E-state index contributed by atoms with van der Waals surface area (Å²) < 4.78 is 20.5. The number of aliphatic hydroxyl groups excluding tert-OH is 1. The molecule has 0 aliphatic carbocycles. The number of nitrogens with zero attached hydrogens (tertiary/aromatic N) is 5. The van der Waals surface area contributed by atoms with Gasteiger partial charge in [0.1, 0.15) is 12.1 Å². The normalized spacial score (nSPS) is 19.4. The molecule has 0 saturated carbocycles. The van der Waals surface area contributed by atoms with E-state index in [1.54, 1.807) is 12.3 Å². The number of carbonyl (C=O) groups is 2. The highest BCUT2D eigenvalue weighted by Gasteiger charge is 2.44. The number of likely N-dealkylation sites (N-methyl/N-ethyl adjacent to an activating group) is 1. The zero-order valence-electron chi connectivity index (χ0n) is 19.4. The van der Waals surface area contributed by atoms with Crippen LogP contribution >= 0.6 is 0 Å². The van der Waals surface area contributed by atoms with Crippen molar-refractivity contribution in [2.45, 2.75) is 58.2 Å². The Hall–Kier alpha value is -3.08. The van der Waals surface area contributed by atoms with E-state index in [1.807, 2.05) is 20.8 Å². The molecular weight excluding hydrogens is 431 g/mol. The van der Waals surface area contributed by atoms with Crippen molar-refractivity contribution < 1.29 is 23.8 Å². The number of carbonyl (C=O) groups excluding carboxylic acids is 2. The smallest absolute Gasteiger partial charge is 0.255 e. The molecule has 0 bridgehead atoms. The first-order valence-electron chi connectivity index (χ1n) is 11.0. The number of pyridine rings is 1. The summed E-state index contributed by atoms with van der Waals surface area (Å²) >= 11 is 0. The molecule has 2 unspecified atom stereocenters. The third-order valence-corrected chi connectivity index (χ3v) is 5.55. The van der Waals surface area contributed by atoms with Gasteiger partial charge in [-0.1, -0.05) is 26.0 Å². The summed E-state index contributed by atoms with van der Waals surface area (Å²) in [6.07, 6.45) is 3.59. The lowest BCUT2D eigenvalue weighted by atomic mass is 9.85. The summed E-state index contributed by atoms with van der Waals surface area (Å²) in [6, 6.07) is 1.67. The lowest BCUT2D eigenvalue weighted by molar-refractivity contribution is -0.144. The number of aliphatic hydroxyl groups is 1. The van der Waals surface area contributed by atoms with Crippen LogP contribution in [0.15, 0.2) is 24.5 Å². The lowest BCUT2D eigenvalue weighted by Gasteiger charge is -2.34. The highest BCUT2D eigenvalue weighted by Crippen LogP contribution is 2.34. The van der Waals surface area contributed by atoms with Crippen molar-refractivity contribution in [1.29, 1.82) is 0 Å². The molecule has 1 aliphatic heterocycles. The van der Waals surface area contributed by atoms with Crippen molar-refractivity contribution in [2.24, 2.45) is 5.41 Å². The summed E-state index contributed by atoms with van der Waals surface area (Å²) in [4.78, 5) is 30.8. The number of ether oxygens (including phenoxy) is 1. The Labute approximate surface area is 192 Å². The van der Waals surface area contributed by atoms with Gasteiger partial charge in [-0.05, 0) is 30.4 Å². The van der Waals surface area contributed by atoms with E-state index in [-0.39, 0.29) is 37.1 Å². The van der Waals surface area contributed by atoms with Crippen LogP contribution in [0.2, 0.25) is 0 Å². The second-order valence-electron chi connectivity index (χ2n) is 9.21. The molecule has 2 aromatic heterocycles. The molecule has 3 rings (SSSR count). The largest absolute Gasteiger partial charge is 0.489 e. The predicted molar refractivity (Wildman–Crippen MR) is 117 cm³/mol. The van der Waals surface area contributed by atoms with E-state index in [1.165, 1.54) is 28.9 Å². The van der Waals surface area contributed by atoms with Gasteiger partial charge in [0.15, 0.2) is 5.75 Å². The standard InChI is InChI=1S/C22H31FN6O4/c1-22(2,3)18(21(32)28-13-15(30)11-16(28)20(31)24-4)29-12-14(26-27-29)7-6-10-33-17-8-5-9-25-19(17)23/h5,8-9,12,15-16,18,30H,6-7,10-11,13H2,1-4H3,(H,24,31)/t15?,16-,18?/m1/s1. The van der Waals surface area contributed by atoms with Gasteiger partial charge < -0.3 is 20.1 Å². The minimum absolute atomic E-state index is 0.0906. The molecule has 11 heteroatoms. The van der Waals surface area contributed by atoms with Crippen LogP contribution in [0.25, 0.3) is 0 Å². The Balaban J connectivity index is 1.68. The lowest BCUT2D eigenvalue weighted by Crippen LogP contribution is -2.49. The van der Waals surface area contributed by atoms with E-state index in [4.69, 9.17) is 4.74 Å². The van der Waals surface area contributed by atoms with Gasteiger partial charge in [-0.15, -0.1) is 5.10 Å². The fourth-order valence-electron chi connectivity index (χ4n) is 3.98. The van der Waals surface area contributed by atoms with Gasteiger partial charge in [0.05, 0.1) is 18.4 Å². The Morgan fingerprint density at radius 1 is 1.39 bits per heavy atom. The first-order chi connectivity index (χ1) is 15.6. The van der Waals surface area contributed by atoms with E-state index in [9.17, 15) is 19.1 Å². The first kappa shape index (κ1) is 24.6. The summed E-state index contributed by atoms with van der Waals surface area (Å²) in [5.41, 5.74) is 0.140. The van der Waals surface area contributed by atoms with E-state index in [0.717, 1.165) is 0 Å². The molecule has 2 aromatic rings. The van der Waals surface area contributed by atoms with Crippen LogP contribution in [-0.2, 0) is 16.0 Å². The fraction of sp³-hybridized carbons (Fsp3) is 0.591. The monoisotopic (exact) mass is 462 g/mol. The van der Waals surface area contributed by atoms with Gasteiger partial charge in [0.2, 0.25) is 11.8 Å². The summed E-state index contributed by atoms with van der Waals surface area (Å²) in [5, 5.41) is 21.0. The van der Waals surface area contributed by atoms with Gasteiger partial charge in [0, 0.05) is 32.4 Å². The number of amides is 2. The maximum atomic E-state index is 13.5. The molecule has 0 spiro atoms. The van der Waals surface area contributed by atoms with Crippen molar-refractivity contribution in [2.75, 3.05) is 20.2 Å². The number of aromatic nitrogens is 4. The number of rotatable bonds is 8. The quantitative estimate of drug-likeness (QED) is 0.445. The minimum Gasteiger partial charge on any atom is -0.489 e. The highest BCUT2D eigenvalue weighted by atomic mass is 19.1. The number of nitrogens with one attached hydrogen (secondary N) is 1. The van der Waals surface area contributed by atoms with Crippen LogP contribution in [0.3, 0.4) is 0 Å². The van der Waals surface area contributed by atoms with Crippen molar-refractivity contribution >= 4 is 11.8 Å². The summed E-state index contributed by atoms with van der Waals surface area (Å²) in [7, 11) is 1.51. The Morgan fingerprint density at radius 3 is 2.82 bits per heavy atom. The second-order valence-corrected chi connectivity index (χ2v) is 9.21. The molecule has 2 N–H and O–H groups in total. The maximum absolute atomic E-state index is 13.5. The fourth-order valence-corrected chi connectivity index (χ4v) is 3.98. The maximum Gasteiger partial charge on any atom is 0.255 e. The molecule has 0 aromatic carbocycles. The van der Waals surface area contributed by atoms with E-state index in [0.29, 0.717) is 18.5 Å². The average molecular weight is 463 g/mol. The molecule has 1 saturated heterocycles. The molecule has 1 fully saturated rings. The van der Waals surface area contributed by atoms with Crippen LogP contribution < -0.4 is 10.1 Å².